The van der Waals surface area contributed by atoms with Gasteiger partial charge in [0.2, 0.25) is 0 Å². The average molecular weight is 164 g/mol. The minimum atomic E-state index is -0.0615. The molecule has 0 N–H and O–H groups in total. The molecule has 0 aromatic carbocycles. The summed E-state index contributed by atoms with van der Waals surface area (Å²) in [5, 5.41) is 11.1. The van der Waals surface area contributed by atoms with Gasteiger partial charge in [0.05, 0.1) is 0 Å². The van der Waals surface area contributed by atoms with Crippen LogP contribution in [0.25, 0.3) is 0 Å². The van der Waals surface area contributed by atoms with Gasteiger partial charge < -0.3 is 0 Å². The number of hydrogen-bond donors (Lipinski definition) is 0. The molecule has 0 amide bonds. The molecular weight excluding hydrogens is 150 g/mol. The van der Waals surface area contributed by atoms with Crippen molar-refractivity contribution in [3.63, 3.8) is 0 Å². The number of aromatic nitrogens is 1. The van der Waals surface area contributed by atoms with Crippen molar-refractivity contribution in [3.05, 3.63) is 23.9 Å². The van der Waals surface area contributed by atoms with Crippen molar-refractivity contribution < 1.29 is 5.11 Å². The Hall–Kier alpha value is -1.05. The summed E-state index contributed by atoms with van der Waals surface area (Å²) in [7, 11) is 0. The summed E-state index contributed by atoms with van der Waals surface area (Å²) in [5.74, 6) is -0.0615. The molecule has 2 nitrogen and oxygen atoms in total. The minimum Gasteiger partial charge on any atom is -0.267 e. The number of aryl methyl sites for hydroxylation is 1. The summed E-state index contributed by atoms with van der Waals surface area (Å²) in [4.78, 5) is 3.70. The van der Waals surface area contributed by atoms with Crippen LogP contribution in [0.5, 0.6) is 5.88 Å². The maximum Gasteiger partial charge on any atom is 0.272 e. The lowest BCUT2D eigenvalue weighted by molar-refractivity contribution is 0.331. The van der Waals surface area contributed by atoms with Crippen LogP contribution in [-0.4, -0.2) is 4.98 Å². The lowest BCUT2D eigenvalue weighted by Gasteiger charge is -1.99. The van der Waals surface area contributed by atoms with Gasteiger partial charge in [-0.1, -0.05) is 25.8 Å². The van der Waals surface area contributed by atoms with Crippen LogP contribution in [0.4, 0.5) is 0 Å². The van der Waals surface area contributed by atoms with Gasteiger partial charge in [0, 0.05) is 11.8 Å². The van der Waals surface area contributed by atoms with Crippen LogP contribution in [0.15, 0.2) is 18.3 Å². The standard InChI is InChI=1S/C10H14NO/c1-2-3-4-6-9-7-5-8-11-10(9)12/h5,7-8H,2-4,6H2,1H3. The van der Waals surface area contributed by atoms with Gasteiger partial charge in [-0.25, -0.2) is 4.98 Å². The van der Waals surface area contributed by atoms with Gasteiger partial charge in [0.1, 0.15) is 0 Å². The Kier molecular flexibility index (Phi) is 3.58. The van der Waals surface area contributed by atoms with Gasteiger partial charge in [0.15, 0.2) is 0 Å². The Bertz CT molecular complexity index is 235. The number of rotatable bonds is 4. The largest absolute Gasteiger partial charge is 0.272 e. The van der Waals surface area contributed by atoms with Gasteiger partial charge >= 0.3 is 0 Å². The smallest absolute Gasteiger partial charge is 0.267 e. The van der Waals surface area contributed by atoms with Crippen molar-refractivity contribution in [2.75, 3.05) is 0 Å². The Morgan fingerprint density at radius 3 is 2.92 bits per heavy atom. The molecule has 1 aromatic heterocycles. The fourth-order valence-electron chi connectivity index (χ4n) is 1.18. The van der Waals surface area contributed by atoms with Crippen molar-refractivity contribution in [2.24, 2.45) is 0 Å². The number of pyridine rings is 1. The van der Waals surface area contributed by atoms with Crippen LogP contribution in [0, 0.1) is 0 Å². The molecule has 1 heterocycles. The van der Waals surface area contributed by atoms with E-state index in [0.717, 1.165) is 18.4 Å². The molecule has 0 aliphatic carbocycles. The first kappa shape index (κ1) is 9.04. The van der Waals surface area contributed by atoms with Gasteiger partial charge in [-0.2, -0.15) is 0 Å². The Labute approximate surface area is 73.3 Å². The monoisotopic (exact) mass is 164 g/mol. The van der Waals surface area contributed by atoms with E-state index in [9.17, 15) is 5.11 Å². The van der Waals surface area contributed by atoms with Crippen molar-refractivity contribution in [1.82, 2.24) is 4.98 Å². The highest BCUT2D eigenvalue weighted by molar-refractivity contribution is 5.23. The zero-order valence-electron chi connectivity index (χ0n) is 7.42. The molecule has 0 spiro atoms. The summed E-state index contributed by atoms with van der Waals surface area (Å²) in [5.41, 5.74) is 0.853. The molecule has 1 aromatic rings. The fraction of sp³-hybridized carbons (Fsp3) is 0.500. The van der Waals surface area contributed by atoms with Crippen LogP contribution >= 0.6 is 0 Å². The molecule has 0 atom stereocenters. The molecule has 0 saturated heterocycles. The molecule has 0 fully saturated rings. The Morgan fingerprint density at radius 1 is 1.42 bits per heavy atom. The SMILES string of the molecule is CCCCCc1cccnc1[O]. The second kappa shape index (κ2) is 4.75. The van der Waals surface area contributed by atoms with E-state index in [1.54, 1.807) is 6.20 Å². The molecular formula is C10H14NO. The molecule has 0 aliphatic heterocycles. The Balaban J connectivity index is 2.46. The average Bonchev–Trinajstić information content (AvgIpc) is 2.09. The normalized spacial score (nSPS) is 10.1. The summed E-state index contributed by atoms with van der Waals surface area (Å²) >= 11 is 0. The molecule has 12 heavy (non-hydrogen) atoms. The van der Waals surface area contributed by atoms with Crippen molar-refractivity contribution in [3.8, 4) is 5.88 Å². The molecule has 0 aliphatic rings. The highest BCUT2D eigenvalue weighted by Gasteiger charge is 2.01. The van der Waals surface area contributed by atoms with Crippen LogP contribution in [0.1, 0.15) is 31.7 Å². The first-order chi connectivity index (χ1) is 5.84. The van der Waals surface area contributed by atoms with Crippen molar-refractivity contribution in [2.45, 2.75) is 32.6 Å². The molecule has 1 radical (unpaired) electrons. The second-order valence-electron chi connectivity index (χ2n) is 2.92. The third-order valence-electron chi connectivity index (χ3n) is 1.90. The third kappa shape index (κ3) is 2.53. The number of unbranched alkanes of at least 4 members (excludes halogenated alkanes) is 2. The summed E-state index contributed by atoms with van der Waals surface area (Å²) < 4.78 is 0. The molecule has 65 valence electrons. The molecule has 0 bridgehead atoms. The zero-order valence-corrected chi connectivity index (χ0v) is 7.42. The van der Waals surface area contributed by atoms with E-state index in [-0.39, 0.29) is 5.88 Å². The summed E-state index contributed by atoms with van der Waals surface area (Å²) in [6.45, 7) is 2.15. The number of nitrogens with zero attached hydrogens (tertiary/aromatic N) is 1. The number of hydrogen-bond acceptors (Lipinski definition) is 1. The molecule has 1 rings (SSSR count). The van der Waals surface area contributed by atoms with Gasteiger partial charge in [-0.3, -0.25) is 5.11 Å². The van der Waals surface area contributed by atoms with Crippen LogP contribution in [0.3, 0.4) is 0 Å². The highest BCUT2D eigenvalue weighted by atomic mass is 16.3. The first-order valence-electron chi connectivity index (χ1n) is 4.45. The van der Waals surface area contributed by atoms with Gasteiger partial charge in [0.25, 0.3) is 5.88 Å². The topological polar surface area (TPSA) is 32.8 Å². The predicted molar refractivity (Wildman–Crippen MR) is 47.6 cm³/mol. The first-order valence-corrected chi connectivity index (χ1v) is 4.45. The second-order valence-corrected chi connectivity index (χ2v) is 2.92. The van der Waals surface area contributed by atoms with Crippen molar-refractivity contribution in [1.29, 1.82) is 0 Å². The molecule has 0 saturated carbocycles. The van der Waals surface area contributed by atoms with Crippen LogP contribution in [0.2, 0.25) is 0 Å². The van der Waals surface area contributed by atoms with E-state index < -0.39 is 0 Å². The third-order valence-corrected chi connectivity index (χ3v) is 1.90. The Morgan fingerprint density at radius 2 is 2.25 bits per heavy atom. The quantitative estimate of drug-likeness (QED) is 0.630. The van der Waals surface area contributed by atoms with E-state index in [1.807, 2.05) is 12.1 Å². The maximum atomic E-state index is 11.1. The van der Waals surface area contributed by atoms with E-state index >= 15 is 0 Å². The lowest BCUT2D eigenvalue weighted by Crippen LogP contribution is -1.86. The summed E-state index contributed by atoms with van der Waals surface area (Å²) in [6, 6.07) is 3.69. The molecule has 2 heteroatoms. The van der Waals surface area contributed by atoms with Gasteiger partial charge in [-0.05, 0) is 18.9 Å². The van der Waals surface area contributed by atoms with E-state index in [0.29, 0.717) is 0 Å². The van der Waals surface area contributed by atoms with E-state index in [4.69, 9.17) is 0 Å². The molecule has 0 unspecified atom stereocenters. The van der Waals surface area contributed by atoms with E-state index in [2.05, 4.69) is 11.9 Å². The minimum absolute atomic E-state index is 0.0615. The van der Waals surface area contributed by atoms with Crippen LogP contribution < -0.4 is 0 Å². The van der Waals surface area contributed by atoms with Gasteiger partial charge in [-0.15, -0.1) is 0 Å². The fourth-order valence-corrected chi connectivity index (χ4v) is 1.18. The lowest BCUT2D eigenvalue weighted by atomic mass is 10.1. The van der Waals surface area contributed by atoms with Crippen LogP contribution in [-0.2, 0) is 11.5 Å². The highest BCUT2D eigenvalue weighted by Crippen LogP contribution is 2.15. The predicted octanol–water partition coefficient (Wildman–Crippen LogP) is 2.96. The summed E-state index contributed by atoms with van der Waals surface area (Å²) in [6.07, 6.45) is 5.90. The maximum absolute atomic E-state index is 11.1. The zero-order chi connectivity index (χ0) is 8.81. The van der Waals surface area contributed by atoms with E-state index in [1.165, 1.54) is 12.8 Å². The van der Waals surface area contributed by atoms with Crippen molar-refractivity contribution >= 4 is 0 Å².